The van der Waals surface area contributed by atoms with Crippen molar-refractivity contribution in [1.82, 2.24) is 10.2 Å². The molecule has 1 amide bonds. The lowest BCUT2D eigenvalue weighted by Crippen LogP contribution is -2.30. The quantitative estimate of drug-likeness (QED) is 0.679. The monoisotopic (exact) mass is 264 g/mol. The van der Waals surface area contributed by atoms with Crippen LogP contribution in [0.2, 0.25) is 0 Å². The summed E-state index contributed by atoms with van der Waals surface area (Å²) < 4.78 is 0. The minimum Gasteiger partial charge on any atom is -0.397 e. The molecule has 0 spiro atoms. The number of benzene rings is 1. The molecule has 1 unspecified atom stereocenters. The minimum atomic E-state index is -0.0780. The highest BCUT2D eigenvalue weighted by Crippen LogP contribution is 2.21. The van der Waals surface area contributed by atoms with Crippen LogP contribution in [-0.2, 0) is 0 Å². The Balaban J connectivity index is 2.82. The Labute approximate surface area is 115 Å². The van der Waals surface area contributed by atoms with Crippen molar-refractivity contribution >= 4 is 17.3 Å². The van der Waals surface area contributed by atoms with E-state index in [1.807, 2.05) is 21.0 Å². The van der Waals surface area contributed by atoms with E-state index in [0.29, 0.717) is 17.8 Å². The van der Waals surface area contributed by atoms with E-state index in [0.717, 1.165) is 12.2 Å². The van der Waals surface area contributed by atoms with Gasteiger partial charge < -0.3 is 21.3 Å². The van der Waals surface area contributed by atoms with E-state index in [2.05, 4.69) is 22.5 Å². The summed E-state index contributed by atoms with van der Waals surface area (Å²) in [5, 5.41) is 6.11. The van der Waals surface area contributed by atoms with Gasteiger partial charge in [-0.25, -0.2) is 0 Å². The number of nitrogen functional groups attached to an aromatic ring is 1. The number of nitrogens with two attached hydrogens (primary N) is 1. The van der Waals surface area contributed by atoms with Gasteiger partial charge in [-0.15, -0.1) is 0 Å². The molecule has 0 aliphatic rings. The lowest BCUT2D eigenvalue weighted by atomic mass is 10.1. The van der Waals surface area contributed by atoms with E-state index in [1.165, 1.54) is 0 Å². The summed E-state index contributed by atoms with van der Waals surface area (Å²) >= 11 is 0. The summed E-state index contributed by atoms with van der Waals surface area (Å²) in [7, 11) is 4.04. The first-order valence-electron chi connectivity index (χ1n) is 6.53. The van der Waals surface area contributed by atoms with Crippen molar-refractivity contribution in [3.63, 3.8) is 0 Å². The van der Waals surface area contributed by atoms with Gasteiger partial charge in [-0.2, -0.15) is 0 Å². The Kier molecular flexibility index (Phi) is 5.63. The Morgan fingerprint density at radius 1 is 1.42 bits per heavy atom. The number of hydrogen-bond acceptors (Lipinski definition) is 4. The summed E-state index contributed by atoms with van der Waals surface area (Å²) in [6.45, 7) is 5.49. The largest absolute Gasteiger partial charge is 0.397 e. The summed E-state index contributed by atoms with van der Waals surface area (Å²) in [5.41, 5.74) is 8.01. The van der Waals surface area contributed by atoms with Gasteiger partial charge in [0.05, 0.1) is 11.4 Å². The maximum absolute atomic E-state index is 11.8. The summed E-state index contributed by atoms with van der Waals surface area (Å²) in [6, 6.07) is 5.55. The fraction of sp³-hybridized carbons (Fsp3) is 0.500. The van der Waals surface area contributed by atoms with Crippen LogP contribution in [-0.4, -0.2) is 44.0 Å². The van der Waals surface area contributed by atoms with E-state index in [4.69, 9.17) is 5.73 Å². The molecule has 5 heteroatoms. The Morgan fingerprint density at radius 2 is 2.11 bits per heavy atom. The smallest absolute Gasteiger partial charge is 0.251 e. The van der Waals surface area contributed by atoms with Crippen LogP contribution in [0.4, 0.5) is 11.4 Å². The zero-order valence-corrected chi connectivity index (χ0v) is 12.2. The fourth-order valence-electron chi connectivity index (χ4n) is 1.94. The summed E-state index contributed by atoms with van der Waals surface area (Å²) in [4.78, 5) is 13.9. The first kappa shape index (κ1) is 15.3. The summed E-state index contributed by atoms with van der Waals surface area (Å²) in [6.07, 6.45) is 0. The van der Waals surface area contributed by atoms with Crippen LogP contribution in [0.5, 0.6) is 0 Å². The molecule has 0 aliphatic carbocycles. The molecule has 0 radical (unpaired) electrons. The number of carbonyl (C=O) groups is 1. The van der Waals surface area contributed by atoms with Gasteiger partial charge in [-0.1, -0.05) is 0 Å². The van der Waals surface area contributed by atoms with Gasteiger partial charge in [0.25, 0.3) is 5.91 Å². The first-order chi connectivity index (χ1) is 8.93. The number of anilines is 2. The number of rotatable bonds is 6. The molecule has 0 aliphatic heterocycles. The zero-order valence-electron chi connectivity index (χ0n) is 12.2. The van der Waals surface area contributed by atoms with Crippen LogP contribution in [0.3, 0.4) is 0 Å². The molecule has 0 saturated heterocycles. The van der Waals surface area contributed by atoms with Crippen molar-refractivity contribution in [2.75, 3.05) is 38.2 Å². The second-order valence-corrected chi connectivity index (χ2v) is 4.97. The molecule has 1 atom stereocenters. The SMILES string of the molecule is CCNC(=O)c1ccc(N)c(NC(C)CN(C)C)c1. The van der Waals surface area contributed by atoms with E-state index < -0.39 is 0 Å². The maximum Gasteiger partial charge on any atom is 0.251 e. The van der Waals surface area contributed by atoms with Gasteiger partial charge in [0.15, 0.2) is 0 Å². The lowest BCUT2D eigenvalue weighted by Gasteiger charge is -2.20. The third-order valence-corrected chi connectivity index (χ3v) is 2.69. The van der Waals surface area contributed by atoms with Crippen LogP contribution in [0.15, 0.2) is 18.2 Å². The van der Waals surface area contributed by atoms with Gasteiger partial charge in [0, 0.05) is 24.7 Å². The molecule has 0 saturated carbocycles. The van der Waals surface area contributed by atoms with Gasteiger partial charge in [-0.05, 0) is 46.1 Å². The van der Waals surface area contributed by atoms with Gasteiger partial charge in [0.1, 0.15) is 0 Å². The summed E-state index contributed by atoms with van der Waals surface area (Å²) in [5.74, 6) is -0.0780. The third-order valence-electron chi connectivity index (χ3n) is 2.69. The molecule has 0 fully saturated rings. The molecule has 5 nitrogen and oxygen atoms in total. The standard InChI is InChI=1S/C14H24N4O/c1-5-16-14(19)11-6-7-12(15)13(8-11)17-10(2)9-18(3)4/h6-8,10,17H,5,9,15H2,1-4H3,(H,16,19). The predicted octanol–water partition coefficient (Wildman–Crippen LogP) is 1.38. The normalized spacial score (nSPS) is 12.3. The highest BCUT2D eigenvalue weighted by Gasteiger charge is 2.10. The van der Waals surface area contributed by atoms with Crippen molar-refractivity contribution in [3.05, 3.63) is 23.8 Å². The van der Waals surface area contributed by atoms with E-state index >= 15 is 0 Å². The van der Waals surface area contributed by atoms with Crippen molar-refractivity contribution in [2.45, 2.75) is 19.9 Å². The van der Waals surface area contributed by atoms with Crippen molar-refractivity contribution < 1.29 is 4.79 Å². The predicted molar refractivity (Wildman–Crippen MR) is 80.5 cm³/mol. The number of carbonyl (C=O) groups excluding carboxylic acids is 1. The molecule has 1 aromatic rings. The van der Waals surface area contributed by atoms with E-state index in [-0.39, 0.29) is 11.9 Å². The van der Waals surface area contributed by atoms with Crippen LogP contribution in [0.25, 0.3) is 0 Å². The Hall–Kier alpha value is -1.75. The van der Waals surface area contributed by atoms with Crippen molar-refractivity contribution in [3.8, 4) is 0 Å². The van der Waals surface area contributed by atoms with Gasteiger partial charge in [0.2, 0.25) is 0 Å². The third kappa shape index (κ3) is 4.79. The van der Waals surface area contributed by atoms with Crippen LogP contribution in [0.1, 0.15) is 24.2 Å². The molecule has 106 valence electrons. The second-order valence-electron chi connectivity index (χ2n) is 4.97. The van der Waals surface area contributed by atoms with Gasteiger partial charge in [-0.3, -0.25) is 4.79 Å². The van der Waals surface area contributed by atoms with E-state index in [1.54, 1.807) is 18.2 Å². The van der Waals surface area contributed by atoms with Crippen molar-refractivity contribution in [2.24, 2.45) is 0 Å². The van der Waals surface area contributed by atoms with Gasteiger partial charge >= 0.3 is 0 Å². The molecule has 0 aromatic heterocycles. The molecule has 4 N–H and O–H groups in total. The zero-order chi connectivity index (χ0) is 14.4. The van der Waals surface area contributed by atoms with Crippen LogP contribution >= 0.6 is 0 Å². The highest BCUT2D eigenvalue weighted by molar-refractivity contribution is 5.96. The number of nitrogens with one attached hydrogen (secondary N) is 2. The van der Waals surface area contributed by atoms with E-state index in [9.17, 15) is 4.79 Å². The number of nitrogens with zero attached hydrogens (tertiary/aromatic N) is 1. The second kappa shape index (κ2) is 6.99. The molecule has 0 heterocycles. The first-order valence-corrected chi connectivity index (χ1v) is 6.53. The average Bonchev–Trinajstić information content (AvgIpc) is 2.31. The molecular formula is C14H24N4O. The van der Waals surface area contributed by atoms with Crippen LogP contribution < -0.4 is 16.4 Å². The molecule has 0 bridgehead atoms. The molecule has 1 rings (SSSR count). The Morgan fingerprint density at radius 3 is 2.68 bits per heavy atom. The maximum atomic E-state index is 11.8. The topological polar surface area (TPSA) is 70.4 Å². The van der Waals surface area contributed by atoms with Crippen LogP contribution in [0, 0.1) is 0 Å². The number of likely N-dealkylation sites (N-methyl/N-ethyl adjacent to an activating group) is 1. The lowest BCUT2D eigenvalue weighted by molar-refractivity contribution is 0.0956. The average molecular weight is 264 g/mol. The Bertz CT molecular complexity index is 431. The highest BCUT2D eigenvalue weighted by atomic mass is 16.1. The fourth-order valence-corrected chi connectivity index (χ4v) is 1.94. The number of hydrogen-bond donors (Lipinski definition) is 3. The molecule has 19 heavy (non-hydrogen) atoms. The molecular weight excluding hydrogens is 240 g/mol. The number of amides is 1. The van der Waals surface area contributed by atoms with Crippen molar-refractivity contribution in [1.29, 1.82) is 0 Å². The molecule has 1 aromatic carbocycles. The minimum absolute atomic E-state index is 0.0780.